The van der Waals surface area contributed by atoms with Gasteiger partial charge in [-0.2, -0.15) is 0 Å². The molecular weight excluding hydrogens is 314 g/mol. The summed E-state index contributed by atoms with van der Waals surface area (Å²) in [6.45, 7) is 6.83. The number of carbonyl (C=O) groups is 1. The number of para-hydroxylation sites is 1. The fraction of sp³-hybridized carbons (Fsp3) is 0.524. The van der Waals surface area contributed by atoms with Gasteiger partial charge in [-0.1, -0.05) is 39.0 Å². The Balaban J connectivity index is 1.42. The van der Waals surface area contributed by atoms with E-state index in [2.05, 4.69) is 25.8 Å². The number of carbonyl (C=O) groups excluding carboxylic acids is 1. The lowest BCUT2D eigenvalue weighted by molar-refractivity contribution is -0.159. The lowest BCUT2D eigenvalue weighted by Crippen LogP contribution is -2.39. The Bertz CT molecular complexity index is 810. The van der Waals surface area contributed by atoms with Crippen LogP contribution in [0.5, 0.6) is 5.75 Å². The minimum absolute atomic E-state index is 0.00277. The minimum atomic E-state index is -0.289. The topological polar surface area (TPSA) is 48.4 Å². The number of pyridine rings is 1. The first-order chi connectivity index (χ1) is 11.9. The maximum Gasteiger partial charge on any atom is 0.344 e. The molecule has 4 heteroatoms. The molecule has 25 heavy (non-hydrogen) atoms. The van der Waals surface area contributed by atoms with Gasteiger partial charge in [0.25, 0.3) is 0 Å². The SMILES string of the molecule is CC1(C)C2CCC1(C)C(OC(=O)COc1cccc3cccnc13)C2. The molecule has 1 aromatic heterocycles. The number of benzene rings is 1. The lowest BCUT2D eigenvalue weighted by Gasteiger charge is -2.38. The normalized spacial score (nSPS) is 29.7. The zero-order chi connectivity index (χ0) is 17.7. The molecule has 0 radical (unpaired) electrons. The largest absolute Gasteiger partial charge is 0.480 e. The molecule has 3 unspecified atom stereocenters. The van der Waals surface area contributed by atoms with Crippen LogP contribution < -0.4 is 4.74 Å². The molecule has 2 aliphatic rings. The molecule has 4 rings (SSSR count). The van der Waals surface area contributed by atoms with Gasteiger partial charge in [-0.25, -0.2) is 4.79 Å². The Hall–Kier alpha value is -2.10. The lowest BCUT2D eigenvalue weighted by atomic mass is 9.70. The van der Waals surface area contributed by atoms with Crippen LogP contribution in [0.3, 0.4) is 0 Å². The van der Waals surface area contributed by atoms with E-state index in [1.54, 1.807) is 6.20 Å². The van der Waals surface area contributed by atoms with Crippen LogP contribution in [0.4, 0.5) is 0 Å². The van der Waals surface area contributed by atoms with Crippen LogP contribution in [0.25, 0.3) is 10.9 Å². The summed E-state index contributed by atoms with van der Waals surface area (Å²) < 4.78 is 11.6. The summed E-state index contributed by atoms with van der Waals surface area (Å²) in [6.07, 6.45) is 5.09. The maximum atomic E-state index is 12.4. The van der Waals surface area contributed by atoms with Crippen molar-refractivity contribution in [2.45, 2.75) is 46.1 Å². The van der Waals surface area contributed by atoms with Crippen molar-refractivity contribution in [1.82, 2.24) is 4.98 Å². The van der Waals surface area contributed by atoms with Crippen molar-refractivity contribution in [2.75, 3.05) is 6.61 Å². The second kappa shape index (κ2) is 5.72. The highest BCUT2D eigenvalue weighted by molar-refractivity contribution is 5.84. The van der Waals surface area contributed by atoms with E-state index in [1.807, 2.05) is 30.3 Å². The number of aromatic nitrogens is 1. The van der Waals surface area contributed by atoms with Crippen LogP contribution in [-0.2, 0) is 9.53 Å². The van der Waals surface area contributed by atoms with Gasteiger partial charge in [-0.3, -0.25) is 4.98 Å². The smallest absolute Gasteiger partial charge is 0.344 e. The molecule has 0 spiro atoms. The summed E-state index contributed by atoms with van der Waals surface area (Å²) in [4.78, 5) is 16.7. The van der Waals surface area contributed by atoms with Crippen molar-refractivity contribution in [3.63, 3.8) is 0 Å². The molecule has 0 amide bonds. The predicted molar refractivity (Wildman–Crippen MR) is 96.3 cm³/mol. The van der Waals surface area contributed by atoms with Gasteiger partial charge in [0.2, 0.25) is 0 Å². The third-order valence-electron chi connectivity index (χ3n) is 6.93. The van der Waals surface area contributed by atoms with Crippen molar-refractivity contribution >= 4 is 16.9 Å². The van der Waals surface area contributed by atoms with Crippen molar-refractivity contribution in [3.05, 3.63) is 36.5 Å². The van der Waals surface area contributed by atoms with E-state index in [-0.39, 0.29) is 29.5 Å². The Morgan fingerprint density at radius 2 is 2.04 bits per heavy atom. The number of rotatable bonds is 4. The number of hydrogen-bond donors (Lipinski definition) is 0. The van der Waals surface area contributed by atoms with Gasteiger partial charge in [0.05, 0.1) is 0 Å². The second-order valence-corrected chi connectivity index (χ2v) is 8.21. The number of nitrogens with zero attached hydrogens (tertiary/aromatic N) is 1. The van der Waals surface area contributed by atoms with E-state index in [9.17, 15) is 4.79 Å². The van der Waals surface area contributed by atoms with Crippen molar-refractivity contribution < 1.29 is 14.3 Å². The van der Waals surface area contributed by atoms with Crippen LogP contribution in [-0.4, -0.2) is 23.7 Å². The summed E-state index contributed by atoms with van der Waals surface area (Å²) in [5.41, 5.74) is 1.08. The number of esters is 1. The van der Waals surface area contributed by atoms with E-state index in [0.717, 1.165) is 23.7 Å². The average Bonchev–Trinajstić information content (AvgIpc) is 2.93. The molecule has 3 atom stereocenters. The maximum absolute atomic E-state index is 12.4. The molecular formula is C21H25NO3. The van der Waals surface area contributed by atoms with Gasteiger partial charge in [0, 0.05) is 17.0 Å². The molecule has 1 heterocycles. The zero-order valence-electron chi connectivity index (χ0n) is 15.1. The summed E-state index contributed by atoms with van der Waals surface area (Å²) in [6, 6.07) is 9.59. The van der Waals surface area contributed by atoms with Crippen LogP contribution in [0, 0.1) is 16.7 Å². The summed E-state index contributed by atoms with van der Waals surface area (Å²) in [7, 11) is 0. The minimum Gasteiger partial charge on any atom is -0.480 e. The van der Waals surface area contributed by atoms with E-state index in [4.69, 9.17) is 9.47 Å². The van der Waals surface area contributed by atoms with E-state index in [1.165, 1.54) is 6.42 Å². The molecule has 1 aromatic carbocycles. The summed E-state index contributed by atoms with van der Waals surface area (Å²) >= 11 is 0. The van der Waals surface area contributed by atoms with Crippen LogP contribution in [0.2, 0.25) is 0 Å². The van der Waals surface area contributed by atoms with E-state index >= 15 is 0 Å². The highest BCUT2D eigenvalue weighted by Gasteiger charge is 2.62. The molecule has 132 valence electrons. The fourth-order valence-electron chi connectivity index (χ4n) is 4.83. The van der Waals surface area contributed by atoms with Crippen molar-refractivity contribution in [1.29, 1.82) is 0 Å². The zero-order valence-corrected chi connectivity index (χ0v) is 15.1. The highest BCUT2D eigenvalue weighted by atomic mass is 16.6. The van der Waals surface area contributed by atoms with Crippen LogP contribution in [0.1, 0.15) is 40.0 Å². The first-order valence-electron chi connectivity index (χ1n) is 9.08. The summed E-state index contributed by atoms with van der Waals surface area (Å²) in [5, 5.41) is 0.996. The highest BCUT2D eigenvalue weighted by Crippen LogP contribution is 2.66. The van der Waals surface area contributed by atoms with Crippen LogP contribution >= 0.6 is 0 Å². The Morgan fingerprint density at radius 1 is 1.24 bits per heavy atom. The molecule has 2 fully saturated rings. The van der Waals surface area contributed by atoms with Gasteiger partial charge in [0.1, 0.15) is 17.4 Å². The average molecular weight is 339 g/mol. The third kappa shape index (κ3) is 2.50. The number of ether oxygens (including phenoxy) is 2. The standard InChI is InChI=1S/C21H25NO3/c1-20(2)15-9-10-21(20,3)17(12-15)25-18(23)13-24-16-8-4-6-14-7-5-11-22-19(14)16/h4-8,11,15,17H,9-10,12-13H2,1-3H3. The molecule has 4 nitrogen and oxygen atoms in total. The molecule has 0 aliphatic heterocycles. The van der Waals surface area contributed by atoms with Crippen molar-refractivity contribution in [2.24, 2.45) is 16.7 Å². The number of fused-ring (bicyclic) bond motifs is 3. The van der Waals surface area contributed by atoms with Gasteiger partial charge in [0.15, 0.2) is 6.61 Å². The van der Waals surface area contributed by atoms with E-state index in [0.29, 0.717) is 11.7 Å². The van der Waals surface area contributed by atoms with Gasteiger partial charge >= 0.3 is 5.97 Å². The first-order valence-corrected chi connectivity index (χ1v) is 9.08. The fourth-order valence-corrected chi connectivity index (χ4v) is 4.83. The molecule has 0 N–H and O–H groups in total. The predicted octanol–water partition coefficient (Wildman–Crippen LogP) is 4.37. The monoisotopic (exact) mass is 339 g/mol. The Kier molecular flexibility index (Phi) is 3.75. The second-order valence-electron chi connectivity index (χ2n) is 8.21. The molecule has 2 bridgehead atoms. The molecule has 2 saturated carbocycles. The molecule has 2 aromatic rings. The Labute approximate surface area is 148 Å². The Morgan fingerprint density at radius 3 is 2.76 bits per heavy atom. The van der Waals surface area contributed by atoms with Crippen molar-refractivity contribution in [3.8, 4) is 5.75 Å². The molecule has 0 saturated heterocycles. The summed E-state index contributed by atoms with van der Waals surface area (Å²) in [5.74, 6) is 0.982. The van der Waals surface area contributed by atoms with Crippen LogP contribution in [0.15, 0.2) is 36.5 Å². The van der Waals surface area contributed by atoms with Gasteiger partial charge in [-0.15, -0.1) is 0 Å². The third-order valence-corrected chi connectivity index (χ3v) is 6.93. The number of hydrogen-bond acceptors (Lipinski definition) is 4. The quantitative estimate of drug-likeness (QED) is 0.776. The van der Waals surface area contributed by atoms with E-state index < -0.39 is 0 Å². The first kappa shape index (κ1) is 16.4. The van der Waals surface area contributed by atoms with Gasteiger partial charge in [-0.05, 0) is 42.7 Å². The molecule has 2 aliphatic carbocycles. The van der Waals surface area contributed by atoms with Gasteiger partial charge < -0.3 is 9.47 Å².